The van der Waals surface area contributed by atoms with Crippen molar-refractivity contribution in [2.45, 2.75) is 37.6 Å². The molecule has 0 saturated carbocycles. The lowest BCUT2D eigenvalue weighted by molar-refractivity contribution is -0.991. The number of aliphatic hydroxyl groups is 4. The minimum Gasteiger partial charge on any atom is -0.595 e. The molecule has 1 aliphatic rings. The van der Waals surface area contributed by atoms with Crippen molar-refractivity contribution < 1.29 is 35.6 Å². The Morgan fingerprint density at radius 1 is 1.36 bits per heavy atom. The molecular weight excluding hydrogens is 296 g/mol. The van der Waals surface area contributed by atoms with Gasteiger partial charge in [0.2, 0.25) is 0 Å². The Morgan fingerprint density at radius 3 is 2.59 bits per heavy atom. The largest absolute Gasteiger partial charge is 0.595 e. The third-order valence-corrected chi connectivity index (χ3v) is 3.64. The van der Waals surface area contributed by atoms with E-state index in [1.165, 1.54) is 18.2 Å². The molecule has 1 saturated heterocycles. The molecule has 22 heavy (non-hydrogen) atoms. The van der Waals surface area contributed by atoms with Gasteiger partial charge >= 0.3 is 0 Å². The first-order chi connectivity index (χ1) is 10.3. The highest BCUT2D eigenvalue weighted by molar-refractivity contribution is 5.55. The van der Waals surface area contributed by atoms with Crippen LogP contribution in [0.4, 0.5) is 11.4 Å². The van der Waals surface area contributed by atoms with Gasteiger partial charge < -0.3 is 35.7 Å². The molecule has 3 unspecified atom stereocenters. The summed E-state index contributed by atoms with van der Waals surface area (Å²) >= 11 is 0. The average Bonchev–Trinajstić information content (AvgIpc) is 2.76. The SMILES string of the molecule is Cc1cc([NH+]([O-])O)ccc1NC1O[C@H](C(O)CO)[C@H](O)[C@H]1O. The van der Waals surface area contributed by atoms with E-state index < -0.39 is 42.5 Å². The summed E-state index contributed by atoms with van der Waals surface area (Å²) in [5.41, 5.74) is 1.28. The number of quaternary nitrogens is 1. The van der Waals surface area contributed by atoms with Gasteiger partial charge in [0.05, 0.1) is 6.61 Å². The van der Waals surface area contributed by atoms with E-state index in [1.807, 2.05) is 0 Å². The Kier molecular flexibility index (Phi) is 5.32. The van der Waals surface area contributed by atoms with E-state index >= 15 is 0 Å². The van der Waals surface area contributed by atoms with E-state index in [0.717, 1.165) is 0 Å². The highest BCUT2D eigenvalue weighted by atomic mass is 16.8. The van der Waals surface area contributed by atoms with Gasteiger partial charge in [-0.05, 0) is 18.6 Å². The molecule has 1 aromatic carbocycles. The molecule has 0 spiro atoms. The Morgan fingerprint density at radius 2 is 2.05 bits per heavy atom. The van der Waals surface area contributed by atoms with Crippen LogP contribution in [0.3, 0.4) is 0 Å². The molecule has 0 bridgehead atoms. The maximum Gasteiger partial charge on any atom is 0.164 e. The summed E-state index contributed by atoms with van der Waals surface area (Å²) in [6.45, 7) is 1.08. The van der Waals surface area contributed by atoms with Gasteiger partial charge in [-0.25, -0.2) is 5.21 Å². The summed E-state index contributed by atoms with van der Waals surface area (Å²) in [5, 5.41) is 59.8. The van der Waals surface area contributed by atoms with Crippen LogP contribution in [0, 0.1) is 12.1 Å². The second-order valence-electron chi connectivity index (χ2n) is 5.23. The Labute approximate surface area is 126 Å². The van der Waals surface area contributed by atoms with E-state index in [2.05, 4.69) is 5.32 Å². The number of ether oxygens (including phenoxy) is 1. The molecule has 0 amide bonds. The smallest absolute Gasteiger partial charge is 0.164 e. The number of aliphatic hydroxyl groups excluding tert-OH is 4. The van der Waals surface area contributed by atoms with E-state index in [-0.39, 0.29) is 5.69 Å². The number of rotatable bonds is 5. The summed E-state index contributed by atoms with van der Waals surface area (Å²) < 4.78 is 5.34. The fourth-order valence-corrected chi connectivity index (χ4v) is 2.36. The molecule has 0 aromatic heterocycles. The first kappa shape index (κ1) is 17.1. The average molecular weight is 316 g/mol. The van der Waals surface area contributed by atoms with Crippen LogP contribution in [-0.4, -0.2) is 62.9 Å². The zero-order valence-corrected chi connectivity index (χ0v) is 11.9. The van der Waals surface area contributed by atoms with Gasteiger partial charge in [0.25, 0.3) is 0 Å². The summed E-state index contributed by atoms with van der Waals surface area (Å²) in [4.78, 5) is 0. The van der Waals surface area contributed by atoms with Gasteiger partial charge in [-0.2, -0.15) is 5.23 Å². The zero-order chi connectivity index (χ0) is 16.4. The minimum absolute atomic E-state index is 0.129. The number of benzene rings is 1. The van der Waals surface area contributed by atoms with Crippen LogP contribution in [0.15, 0.2) is 18.2 Å². The summed E-state index contributed by atoms with van der Waals surface area (Å²) in [7, 11) is 0. The summed E-state index contributed by atoms with van der Waals surface area (Å²) in [6.07, 6.45) is -6.07. The lowest BCUT2D eigenvalue weighted by atomic mass is 10.1. The van der Waals surface area contributed by atoms with Crippen LogP contribution < -0.4 is 10.5 Å². The van der Waals surface area contributed by atoms with Crippen molar-refractivity contribution in [3.63, 3.8) is 0 Å². The van der Waals surface area contributed by atoms with Gasteiger partial charge in [-0.15, -0.1) is 0 Å². The molecule has 6 atom stereocenters. The van der Waals surface area contributed by atoms with Crippen LogP contribution in [0.25, 0.3) is 0 Å². The van der Waals surface area contributed by atoms with Crippen LogP contribution in [0.5, 0.6) is 0 Å². The zero-order valence-electron chi connectivity index (χ0n) is 11.9. The monoisotopic (exact) mass is 316 g/mol. The van der Waals surface area contributed by atoms with Crippen molar-refractivity contribution in [2.75, 3.05) is 11.9 Å². The number of hydrogen-bond donors (Lipinski definition) is 7. The summed E-state index contributed by atoms with van der Waals surface area (Å²) in [6, 6.07) is 4.38. The van der Waals surface area contributed by atoms with Gasteiger partial charge in [0.15, 0.2) is 11.9 Å². The van der Waals surface area contributed by atoms with Crippen LogP contribution >= 0.6 is 0 Å². The van der Waals surface area contributed by atoms with Crippen LogP contribution in [0.1, 0.15) is 5.56 Å². The molecule has 7 N–H and O–H groups in total. The number of nitrogens with one attached hydrogen (secondary N) is 2. The molecule has 1 aromatic rings. The predicted octanol–water partition coefficient (Wildman–Crippen LogP) is -2.39. The molecule has 9 nitrogen and oxygen atoms in total. The van der Waals surface area contributed by atoms with Gasteiger partial charge in [0, 0.05) is 17.8 Å². The second-order valence-corrected chi connectivity index (χ2v) is 5.23. The fourth-order valence-electron chi connectivity index (χ4n) is 2.36. The molecule has 1 fully saturated rings. The molecule has 0 radical (unpaired) electrons. The Hall–Kier alpha value is -1.30. The molecule has 124 valence electrons. The topological polar surface area (TPSA) is 150 Å². The quantitative estimate of drug-likeness (QED) is 0.297. The maximum absolute atomic E-state index is 10.9. The lowest BCUT2D eigenvalue weighted by Gasteiger charge is -2.21. The van der Waals surface area contributed by atoms with Crippen molar-refractivity contribution in [3.05, 3.63) is 29.0 Å². The standard InChI is InChI=1S/C13H20N2O7/c1-6-4-7(15(20)21)2-3-8(6)14-13-11(19)10(18)12(22-13)9(17)5-16/h2-4,9-20H,5H2,1H3/t9?,10-,11-,12-,13?/m1/s1. The van der Waals surface area contributed by atoms with Crippen molar-refractivity contribution in [3.8, 4) is 0 Å². The van der Waals surface area contributed by atoms with E-state index in [1.54, 1.807) is 6.92 Å². The first-order valence-electron chi connectivity index (χ1n) is 6.76. The van der Waals surface area contributed by atoms with Crippen LogP contribution in [0.2, 0.25) is 0 Å². The molecule has 2 rings (SSSR count). The van der Waals surface area contributed by atoms with Crippen LogP contribution in [-0.2, 0) is 4.74 Å². The van der Waals surface area contributed by atoms with Crippen molar-refractivity contribution >= 4 is 11.4 Å². The maximum atomic E-state index is 10.9. The van der Waals surface area contributed by atoms with Crippen molar-refractivity contribution in [2.24, 2.45) is 0 Å². The third kappa shape index (κ3) is 3.37. The summed E-state index contributed by atoms with van der Waals surface area (Å²) in [5.74, 6) is 0. The predicted molar refractivity (Wildman–Crippen MR) is 74.3 cm³/mol. The highest BCUT2D eigenvalue weighted by Gasteiger charge is 2.45. The van der Waals surface area contributed by atoms with E-state index in [0.29, 0.717) is 11.3 Å². The second kappa shape index (κ2) is 6.86. The minimum atomic E-state index is -1.35. The lowest BCUT2D eigenvalue weighted by Crippen LogP contribution is -2.99. The first-order valence-corrected chi connectivity index (χ1v) is 6.76. The highest BCUT2D eigenvalue weighted by Crippen LogP contribution is 2.27. The third-order valence-electron chi connectivity index (χ3n) is 3.64. The number of anilines is 1. The molecule has 9 heteroatoms. The number of aryl methyl sites for hydroxylation is 1. The van der Waals surface area contributed by atoms with Gasteiger partial charge in [0.1, 0.15) is 24.4 Å². The molecule has 1 aliphatic heterocycles. The Balaban J connectivity index is 2.11. The van der Waals surface area contributed by atoms with E-state index in [4.69, 9.17) is 15.1 Å². The number of hydrogen-bond acceptors (Lipinski definition) is 8. The molecular formula is C13H20N2O7. The molecule has 0 aliphatic carbocycles. The Bertz CT molecular complexity index is 513. The fraction of sp³-hybridized carbons (Fsp3) is 0.538. The van der Waals surface area contributed by atoms with Crippen molar-refractivity contribution in [1.29, 1.82) is 0 Å². The van der Waals surface area contributed by atoms with Gasteiger partial charge in [-0.3, -0.25) is 0 Å². The normalized spacial score (nSPS) is 31.0. The molecule has 1 heterocycles. The van der Waals surface area contributed by atoms with E-state index in [9.17, 15) is 20.5 Å². The van der Waals surface area contributed by atoms with Gasteiger partial charge in [-0.1, -0.05) is 0 Å². The van der Waals surface area contributed by atoms with Crippen molar-refractivity contribution in [1.82, 2.24) is 0 Å².